The Hall–Kier alpha value is -1.91. The van der Waals surface area contributed by atoms with E-state index < -0.39 is 6.10 Å². The maximum Gasteiger partial charge on any atom is 0.137 e. The summed E-state index contributed by atoms with van der Waals surface area (Å²) in [6.07, 6.45) is 1.45. The van der Waals surface area contributed by atoms with Crippen LogP contribution in [-0.2, 0) is 0 Å². The summed E-state index contributed by atoms with van der Waals surface area (Å²) in [6, 6.07) is 12.3. The Morgan fingerprint density at radius 1 is 1.23 bits per heavy atom. The fourth-order valence-corrected chi connectivity index (χ4v) is 4.32. The molecule has 4 heteroatoms. The predicted molar refractivity (Wildman–Crippen MR) is 92.4 cm³/mol. The number of rotatable bonds is 2. The average molecular weight is 311 g/mol. The van der Waals surface area contributed by atoms with Crippen LogP contribution >= 0.6 is 11.8 Å². The Bertz CT molecular complexity index is 895. The number of hydrogen-bond donors (Lipinski definition) is 1. The standard InChI is InChI=1S/C18H17NO2S/c1-3-19-16(10-11(2)20)22-15-9-8-14-17(18(15)19)12-6-4-5-7-13(12)21-14/h4-11,20H,3H2,1-2H3/b16-10-. The highest BCUT2D eigenvalue weighted by Crippen LogP contribution is 2.51. The summed E-state index contributed by atoms with van der Waals surface area (Å²) >= 11 is 1.71. The Morgan fingerprint density at radius 2 is 2.05 bits per heavy atom. The van der Waals surface area contributed by atoms with E-state index in [9.17, 15) is 5.11 Å². The lowest BCUT2D eigenvalue weighted by molar-refractivity contribution is 0.243. The zero-order chi connectivity index (χ0) is 15.3. The molecule has 4 rings (SSSR count). The third-order valence-electron chi connectivity index (χ3n) is 3.93. The van der Waals surface area contributed by atoms with Gasteiger partial charge >= 0.3 is 0 Å². The van der Waals surface area contributed by atoms with Crippen LogP contribution in [0, 0.1) is 0 Å². The molecule has 2 aromatic carbocycles. The van der Waals surface area contributed by atoms with Crippen LogP contribution in [0.3, 0.4) is 0 Å². The molecule has 2 heterocycles. The van der Waals surface area contributed by atoms with E-state index in [1.165, 1.54) is 10.6 Å². The molecular weight excluding hydrogens is 294 g/mol. The highest BCUT2D eigenvalue weighted by molar-refractivity contribution is 8.03. The van der Waals surface area contributed by atoms with Gasteiger partial charge in [0.15, 0.2) is 0 Å². The molecule has 0 saturated heterocycles. The minimum atomic E-state index is -0.456. The summed E-state index contributed by atoms with van der Waals surface area (Å²) < 4.78 is 5.98. The highest BCUT2D eigenvalue weighted by atomic mass is 32.2. The molecule has 0 bridgehead atoms. The number of furan rings is 1. The fraction of sp³-hybridized carbons (Fsp3) is 0.222. The zero-order valence-corrected chi connectivity index (χ0v) is 13.4. The first-order valence-electron chi connectivity index (χ1n) is 7.48. The fourth-order valence-electron chi connectivity index (χ4n) is 3.05. The van der Waals surface area contributed by atoms with Crippen molar-refractivity contribution in [3.8, 4) is 0 Å². The van der Waals surface area contributed by atoms with Crippen LogP contribution in [0.25, 0.3) is 21.9 Å². The van der Waals surface area contributed by atoms with E-state index in [2.05, 4.69) is 24.0 Å². The van der Waals surface area contributed by atoms with Crippen molar-refractivity contribution in [3.05, 3.63) is 47.5 Å². The molecule has 0 saturated carbocycles. The van der Waals surface area contributed by atoms with E-state index in [-0.39, 0.29) is 0 Å². The molecule has 112 valence electrons. The third-order valence-corrected chi connectivity index (χ3v) is 5.04. The Kier molecular flexibility index (Phi) is 3.17. The average Bonchev–Trinajstić information content (AvgIpc) is 3.03. The topological polar surface area (TPSA) is 36.6 Å². The Labute approximate surface area is 133 Å². The summed E-state index contributed by atoms with van der Waals surface area (Å²) in [4.78, 5) is 3.48. The van der Waals surface area contributed by atoms with Gasteiger partial charge in [-0.15, -0.1) is 0 Å². The number of hydrogen-bond acceptors (Lipinski definition) is 4. The smallest absolute Gasteiger partial charge is 0.137 e. The van der Waals surface area contributed by atoms with E-state index in [4.69, 9.17) is 4.42 Å². The molecule has 0 radical (unpaired) electrons. The van der Waals surface area contributed by atoms with Crippen LogP contribution in [0.15, 0.2) is 56.8 Å². The zero-order valence-electron chi connectivity index (χ0n) is 12.5. The van der Waals surface area contributed by atoms with Gasteiger partial charge in [-0.1, -0.05) is 30.0 Å². The van der Waals surface area contributed by atoms with Crippen molar-refractivity contribution in [2.24, 2.45) is 0 Å². The molecule has 0 spiro atoms. The van der Waals surface area contributed by atoms with E-state index in [1.54, 1.807) is 18.7 Å². The molecule has 3 nitrogen and oxygen atoms in total. The first kappa shape index (κ1) is 13.7. The van der Waals surface area contributed by atoms with Crippen molar-refractivity contribution in [2.75, 3.05) is 11.4 Å². The molecule has 1 unspecified atom stereocenters. The molecular formula is C18H17NO2S. The first-order valence-corrected chi connectivity index (χ1v) is 8.30. The van der Waals surface area contributed by atoms with Crippen LogP contribution in [0.5, 0.6) is 0 Å². The number of aliphatic hydroxyl groups excluding tert-OH is 1. The molecule has 1 aliphatic rings. The molecule has 1 aromatic heterocycles. The quantitative estimate of drug-likeness (QED) is 0.741. The second-order valence-corrected chi connectivity index (χ2v) is 6.54. The summed E-state index contributed by atoms with van der Waals surface area (Å²) in [5.41, 5.74) is 3.03. The molecule has 0 aliphatic carbocycles. The predicted octanol–water partition coefficient (Wildman–Crippen LogP) is 4.74. The maximum atomic E-state index is 9.72. The second kappa shape index (κ2) is 5.07. The van der Waals surface area contributed by atoms with Crippen molar-refractivity contribution in [1.82, 2.24) is 0 Å². The van der Waals surface area contributed by atoms with Crippen molar-refractivity contribution >= 4 is 39.4 Å². The maximum absolute atomic E-state index is 9.72. The largest absolute Gasteiger partial charge is 0.456 e. The number of thioether (sulfide) groups is 1. The van der Waals surface area contributed by atoms with Gasteiger partial charge in [-0.3, -0.25) is 0 Å². The monoisotopic (exact) mass is 311 g/mol. The number of anilines is 1. The third kappa shape index (κ3) is 1.95. The van der Waals surface area contributed by atoms with Gasteiger partial charge < -0.3 is 14.4 Å². The lowest BCUT2D eigenvalue weighted by Crippen LogP contribution is -2.18. The summed E-state index contributed by atoms with van der Waals surface area (Å²) in [7, 11) is 0. The van der Waals surface area contributed by atoms with Crippen LogP contribution in [-0.4, -0.2) is 17.8 Å². The number of benzene rings is 2. The van der Waals surface area contributed by atoms with E-state index in [1.807, 2.05) is 30.3 Å². The molecule has 1 N–H and O–H groups in total. The van der Waals surface area contributed by atoms with Crippen molar-refractivity contribution in [1.29, 1.82) is 0 Å². The van der Waals surface area contributed by atoms with E-state index in [0.29, 0.717) is 0 Å². The van der Waals surface area contributed by atoms with E-state index in [0.717, 1.165) is 33.5 Å². The SMILES string of the molecule is CCN1/C(=C/C(C)O)Sc2ccc3oc4ccccc4c3c21. The molecule has 22 heavy (non-hydrogen) atoms. The molecule has 1 atom stereocenters. The Balaban J connectivity index is 2.03. The molecule has 0 fully saturated rings. The highest BCUT2D eigenvalue weighted by Gasteiger charge is 2.28. The number of nitrogens with zero attached hydrogens (tertiary/aromatic N) is 1. The van der Waals surface area contributed by atoms with Gasteiger partial charge in [0, 0.05) is 16.8 Å². The molecule has 0 amide bonds. The van der Waals surface area contributed by atoms with Crippen LogP contribution in [0.2, 0.25) is 0 Å². The van der Waals surface area contributed by atoms with E-state index >= 15 is 0 Å². The van der Waals surface area contributed by atoms with Gasteiger partial charge in [-0.05, 0) is 38.1 Å². The summed E-state index contributed by atoms with van der Waals surface area (Å²) in [5, 5.41) is 13.1. The molecule has 1 aliphatic heterocycles. The van der Waals surface area contributed by atoms with Gasteiger partial charge in [0.25, 0.3) is 0 Å². The van der Waals surface area contributed by atoms with Gasteiger partial charge in [0.1, 0.15) is 11.2 Å². The van der Waals surface area contributed by atoms with Gasteiger partial charge in [-0.25, -0.2) is 0 Å². The van der Waals surface area contributed by atoms with Crippen molar-refractivity contribution in [2.45, 2.75) is 24.8 Å². The van der Waals surface area contributed by atoms with Crippen LogP contribution in [0.4, 0.5) is 5.69 Å². The van der Waals surface area contributed by atoms with Gasteiger partial charge in [0.2, 0.25) is 0 Å². The Morgan fingerprint density at radius 3 is 2.82 bits per heavy atom. The number of aliphatic hydroxyl groups is 1. The van der Waals surface area contributed by atoms with Crippen LogP contribution in [0.1, 0.15) is 13.8 Å². The van der Waals surface area contributed by atoms with Crippen molar-refractivity contribution in [3.63, 3.8) is 0 Å². The van der Waals surface area contributed by atoms with Gasteiger partial charge in [-0.2, -0.15) is 0 Å². The second-order valence-electron chi connectivity index (χ2n) is 5.48. The minimum Gasteiger partial charge on any atom is -0.456 e. The van der Waals surface area contributed by atoms with Crippen LogP contribution < -0.4 is 4.90 Å². The normalized spacial score (nSPS) is 17.6. The first-order chi connectivity index (χ1) is 10.7. The van der Waals surface area contributed by atoms with Gasteiger partial charge in [0.05, 0.1) is 22.2 Å². The minimum absolute atomic E-state index is 0.456. The lowest BCUT2D eigenvalue weighted by atomic mass is 10.1. The lowest BCUT2D eigenvalue weighted by Gasteiger charge is -2.19. The summed E-state index contributed by atoms with van der Waals surface area (Å²) in [6.45, 7) is 4.77. The summed E-state index contributed by atoms with van der Waals surface area (Å²) in [5.74, 6) is 0. The number of para-hydroxylation sites is 1. The number of fused-ring (bicyclic) bond motifs is 5. The van der Waals surface area contributed by atoms with Crippen molar-refractivity contribution < 1.29 is 9.52 Å². The molecule has 3 aromatic rings.